The van der Waals surface area contributed by atoms with Gasteiger partial charge in [0.15, 0.2) is 0 Å². The first-order valence-corrected chi connectivity index (χ1v) is 7.83. The first kappa shape index (κ1) is 13.2. The maximum absolute atomic E-state index is 6.42. The highest BCUT2D eigenvalue weighted by Gasteiger charge is 2.39. The van der Waals surface area contributed by atoms with Crippen LogP contribution in [0.5, 0.6) is 0 Å². The van der Waals surface area contributed by atoms with Gasteiger partial charge >= 0.3 is 0 Å². The van der Waals surface area contributed by atoms with Crippen LogP contribution in [0.1, 0.15) is 29.6 Å². The van der Waals surface area contributed by atoms with Crippen molar-refractivity contribution in [3.05, 3.63) is 70.0 Å². The van der Waals surface area contributed by atoms with E-state index in [2.05, 4.69) is 34.6 Å². The van der Waals surface area contributed by atoms with Crippen LogP contribution in [0.15, 0.2) is 48.7 Å². The fraction of sp³-hybridized carbons (Fsp3) is 0.235. The number of anilines is 1. The second-order valence-corrected chi connectivity index (χ2v) is 6.34. The first-order chi connectivity index (χ1) is 10.3. The summed E-state index contributed by atoms with van der Waals surface area (Å²) in [6.45, 7) is 0. The maximum atomic E-state index is 6.42. The number of aromatic nitrogens is 1. The van der Waals surface area contributed by atoms with E-state index in [1.165, 1.54) is 5.56 Å². The third-order valence-corrected chi connectivity index (χ3v) is 5.24. The molecule has 1 N–H and O–H groups in total. The average molecular weight is 317 g/mol. The van der Waals surface area contributed by atoms with Crippen molar-refractivity contribution in [2.24, 2.45) is 5.92 Å². The van der Waals surface area contributed by atoms with E-state index in [1.807, 2.05) is 24.4 Å². The number of hydrogen-bond donors (Lipinski definition) is 1. The molecule has 1 aromatic heterocycles. The predicted octanol–water partition coefficient (Wildman–Crippen LogP) is 5.21. The largest absolute Gasteiger partial charge is 0.375 e. The van der Waals surface area contributed by atoms with E-state index >= 15 is 0 Å². The van der Waals surface area contributed by atoms with E-state index in [0.29, 0.717) is 21.9 Å². The standard InChI is InChI=1S/C17H14Cl2N2/c18-13-8-7-12-10-4-3-5-11(10)16(21-17(12)15(13)19)14-6-1-2-9-20-14/h1-4,6-11,16,21H,5H2/t10-,11+,16-/m1/s1. The summed E-state index contributed by atoms with van der Waals surface area (Å²) in [5.74, 6) is 0.854. The molecule has 0 amide bonds. The molecule has 0 unspecified atom stereocenters. The Morgan fingerprint density at radius 2 is 2.05 bits per heavy atom. The van der Waals surface area contributed by atoms with Crippen molar-refractivity contribution in [2.45, 2.75) is 18.4 Å². The van der Waals surface area contributed by atoms with Crippen molar-refractivity contribution < 1.29 is 0 Å². The van der Waals surface area contributed by atoms with E-state index in [1.54, 1.807) is 0 Å². The molecule has 2 aliphatic rings. The summed E-state index contributed by atoms with van der Waals surface area (Å²) in [6, 6.07) is 10.2. The molecule has 4 rings (SSSR count). The lowest BCUT2D eigenvalue weighted by atomic mass is 9.78. The molecular weight excluding hydrogens is 303 g/mol. The molecule has 21 heavy (non-hydrogen) atoms. The number of pyridine rings is 1. The van der Waals surface area contributed by atoms with Gasteiger partial charge in [-0.15, -0.1) is 0 Å². The van der Waals surface area contributed by atoms with Gasteiger partial charge in [-0.3, -0.25) is 4.98 Å². The molecular formula is C17H14Cl2N2. The van der Waals surface area contributed by atoms with E-state index < -0.39 is 0 Å². The molecule has 0 bridgehead atoms. The van der Waals surface area contributed by atoms with Gasteiger partial charge in [-0.05, 0) is 36.1 Å². The highest BCUT2D eigenvalue weighted by Crippen LogP contribution is 2.52. The van der Waals surface area contributed by atoms with Crippen LogP contribution < -0.4 is 5.32 Å². The molecule has 2 nitrogen and oxygen atoms in total. The van der Waals surface area contributed by atoms with Gasteiger partial charge in [0.25, 0.3) is 0 Å². The second-order valence-electron chi connectivity index (χ2n) is 5.56. The Kier molecular flexibility index (Phi) is 3.16. The Bertz CT molecular complexity index is 712. The minimum absolute atomic E-state index is 0.162. The molecule has 2 aromatic rings. The number of allylic oxidation sites excluding steroid dienone is 2. The van der Waals surface area contributed by atoms with Crippen LogP contribution >= 0.6 is 23.2 Å². The quantitative estimate of drug-likeness (QED) is 0.730. The number of nitrogens with zero attached hydrogens (tertiary/aromatic N) is 1. The van der Waals surface area contributed by atoms with Crippen molar-refractivity contribution in [2.75, 3.05) is 5.32 Å². The summed E-state index contributed by atoms with van der Waals surface area (Å²) < 4.78 is 0. The van der Waals surface area contributed by atoms with E-state index in [-0.39, 0.29) is 6.04 Å². The van der Waals surface area contributed by atoms with Gasteiger partial charge in [0, 0.05) is 12.1 Å². The van der Waals surface area contributed by atoms with Crippen molar-refractivity contribution in [1.29, 1.82) is 0 Å². The van der Waals surface area contributed by atoms with E-state index in [4.69, 9.17) is 23.2 Å². The molecule has 0 radical (unpaired) electrons. The minimum Gasteiger partial charge on any atom is -0.375 e. The van der Waals surface area contributed by atoms with Gasteiger partial charge in [0.2, 0.25) is 0 Å². The van der Waals surface area contributed by atoms with Crippen LogP contribution in [0.3, 0.4) is 0 Å². The number of benzene rings is 1. The van der Waals surface area contributed by atoms with Gasteiger partial charge in [0.05, 0.1) is 27.5 Å². The normalized spacial score (nSPS) is 26.1. The van der Waals surface area contributed by atoms with E-state index in [0.717, 1.165) is 17.8 Å². The summed E-state index contributed by atoms with van der Waals surface area (Å²) in [5, 5.41) is 4.77. The Morgan fingerprint density at radius 1 is 1.14 bits per heavy atom. The van der Waals surface area contributed by atoms with Gasteiger partial charge in [-0.25, -0.2) is 0 Å². The molecule has 2 heterocycles. The summed E-state index contributed by atoms with van der Waals surface area (Å²) >= 11 is 12.6. The molecule has 1 aliphatic carbocycles. The van der Waals surface area contributed by atoms with Gasteiger partial charge < -0.3 is 5.32 Å². The molecule has 1 aliphatic heterocycles. The monoisotopic (exact) mass is 316 g/mol. The summed E-state index contributed by atoms with van der Waals surface area (Å²) in [7, 11) is 0. The number of hydrogen-bond acceptors (Lipinski definition) is 2. The topological polar surface area (TPSA) is 24.9 Å². The van der Waals surface area contributed by atoms with Crippen molar-refractivity contribution in [3.63, 3.8) is 0 Å². The molecule has 0 saturated carbocycles. The molecule has 1 aromatic carbocycles. The zero-order valence-corrected chi connectivity index (χ0v) is 12.8. The zero-order chi connectivity index (χ0) is 14.4. The number of fused-ring (bicyclic) bond motifs is 3. The van der Waals surface area contributed by atoms with Gasteiger partial charge in [-0.2, -0.15) is 0 Å². The Morgan fingerprint density at radius 3 is 2.86 bits per heavy atom. The van der Waals surface area contributed by atoms with Crippen molar-refractivity contribution in [1.82, 2.24) is 4.98 Å². The summed E-state index contributed by atoms with van der Waals surface area (Å²) in [4.78, 5) is 4.52. The molecule has 3 atom stereocenters. The first-order valence-electron chi connectivity index (χ1n) is 7.07. The molecule has 0 fully saturated rings. The zero-order valence-electron chi connectivity index (χ0n) is 11.3. The third kappa shape index (κ3) is 2.05. The average Bonchev–Trinajstić information content (AvgIpc) is 3.00. The highest BCUT2D eigenvalue weighted by molar-refractivity contribution is 6.43. The Balaban J connectivity index is 1.85. The van der Waals surface area contributed by atoms with Crippen LogP contribution in [0, 0.1) is 5.92 Å². The Hall–Kier alpha value is -1.51. The number of halogens is 2. The van der Waals surface area contributed by atoms with Crippen LogP contribution in [-0.4, -0.2) is 4.98 Å². The fourth-order valence-corrected chi connectivity index (χ4v) is 3.84. The SMILES string of the molecule is Clc1ccc2c(c1Cl)N[C@@H](c1ccccn1)[C@H]1CC=C[C@@H]21. The maximum Gasteiger partial charge on any atom is 0.0826 e. The molecule has 0 saturated heterocycles. The molecule has 0 spiro atoms. The van der Waals surface area contributed by atoms with Gasteiger partial charge in [0.1, 0.15) is 0 Å². The van der Waals surface area contributed by atoms with Crippen LogP contribution in [0.2, 0.25) is 10.0 Å². The lowest BCUT2D eigenvalue weighted by molar-refractivity contribution is 0.419. The second kappa shape index (κ2) is 5.04. The van der Waals surface area contributed by atoms with Crippen molar-refractivity contribution in [3.8, 4) is 0 Å². The summed E-state index contributed by atoms with van der Waals surface area (Å²) in [5.41, 5.74) is 3.24. The van der Waals surface area contributed by atoms with Crippen LogP contribution in [-0.2, 0) is 0 Å². The predicted molar refractivity (Wildman–Crippen MR) is 87.1 cm³/mol. The lowest BCUT2D eigenvalue weighted by Gasteiger charge is -2.37. The van der Waals surface area contributed by atoms with Crippen LogP contribution in [0.25, 0.3) is 0 Å². The lowest BCUT2D eigenvalue weighted by Crippen LogP contribution is -2.29. The molecule has 4 heteroatoms. The number of rotatable bonds is 1. The third-order valence-electron chi connectivity index (χ3n) is 4.43. The number of nitrogens with one attached hydrogen (secondary N) is 1. The van der Waals surface area contributed by atoms with Crippen molar-refractivity contribution >= 4 is 28.9 Å². The smallest absolute Gasteiger partial charge is 0.0826 e. The highest BCUT2D eigenvalue weighted by atomic mass is 35.5. The molecule has 106 valence electrons. The summed E-state index contributed by atoms with van der Waals surface area (Å²) in [6.07, 6.45) is 7.43. The van der Waals surface area contributed by atoms with Crippen LogP contribution in [0.4, 0.5) is 5.69 Å². The minimum atomic E-state index is 0.162. The van der Waals surface area contributed by atoms with E-state index in [9.17, 15) is 0 Å². The van der Waals surface area contributed by atoms with Gasteiger partial charge in [-0.1, -0.05) is 47.5 Å². The Labute approximate surface area is 133 Å². The fourth-order valence-electron chi connectivity index (χ4n) is 3.46.